The lowest BCUT2D eigenvalue weighted by Crippen LogP contribution is -2.74. The minimum atomic E-state index is -0.271. The minimum Gasteiger partial charge on any atom is -0.489 e. The fraction of sp³-hybridized carbons (Fsp3) is 0.500. The summed E-state index contributed by atoms with van der Waals surface area (Å²) >= 11 is 0. The zero-order valence-electron chi connectivity index (χ0n) is 19.8. The molecule has 1 fully saturated rings. The number of aromatic nitrogens is 1. The number of nitrogens with zero attached hydrogens (tertiary/aromatic N) is 2. The first-order chi connectivity index (χ1) is 14.4. The summed E-state index contributed by atoms with van der Waals surface area (Å²) in [6.45, 7) is 16.5. The smallest absolute Gasteiger partial charge is 0.270 e. The van der Waals surface area contributed by atoms with E-state index in [9.17, 15) is 10.1 Å². The highest BCUT2D eigenvalue weighted by atomic mass is 16.5. The number of benzene rings is 1. The molecule has 5 nitrogen and oxygen atoms in total. The van der Waals surface area contributed by atoms with Crippen molar-refractivity contribution in [2.45, 2.75) is 73.5 Å². The molecule has 1 saturated carbocycles. The fourth-order valence-corrected chi connectivity index (χ4v) is 5.19. The van der Waals surface area contributed by atoms with Crippen molar-refractivity contribution < 1.29 is 9.53 Å². The lowest BCUT2D eigenvalue weighted by molar-refractivity contribution is -0.164. The average Bonchev–Trinajstić information content (AvgIpc) is 2.69. The SMILES string of the molecule is Cc1cc(OC2C(C)(C)C(NC(=O)c3ccc(C(C)C)cn3)C2(C)C)cc(C)c1C#N. The number of nitriles is 1. The van der Waals surface area contributed by atoms with E-state index >= 15 is 0 Å². The van der Waals surface area contributed by atoms with E-state index in [0.717, 1.165) is 22.4 Å². The van der Waals surface area contributed by atoms with E-state index in [1.54, 1.807) is 12.3 Å². The van der Waals surface area contributed by atoms with Crippen molar-refractivity contribution in [3.8, 4) is 11.8 Å². The number of carbonyl (C=O) groups is 1. The summed E-state index contributed by atoms with van der Waals surface area (Å²) in [7, 11) is 0. The van der Waals surface area contributed by atoms with Crippen molar-refractivity contribution in [1.82, 2.24) is 10.3 Å². The third kappa shape index (κ3) is 4.04. The Labute approximate surface area is 185 Å². The Balaban J connectivity index is 1.77. The van der Waals surface area contributed by atoms with Gasteiger partial charge < -0.3 is 10.1 Å². The van der Waals surface area contributed by atoms with Gasteiger partial charge in [0.25, 0.3) is 5.91 Å². The van der Waals surface area contributed by atoms with Crippen LogP contribution in [-0.2, 0) is 0 Å². The Morgan fingerprint density at radius 2 is 1.71 bits per heavy atom. The normalized spacial score (nSPS) is 21.2. The van der Waals surface area contributed by atoms with E-state index in [1.807, 2.05) is 32.0 Å². The maximum absolute atomic E-state index is 12.9. The molecule has 1 N–H and O–H groups in total. The zero-order valence-corrected chi connectivity index (χ0v) is 19.8. The van der Waals surface area contributed by atoms with Gasteiger partial charge in [-0.15, -0.1) is 0 Å². The minimum absolute atomic E-state index is 0.0651. The van der Waals surface area contributed by atoms with Gasteiger partial charge in [-0.25, -0.2) is 0 Å². The highest BCUT2D eigenvalue weighted by molar-refractivity contribution is 5.92. The van der Waals surface area contributed by atoms with Crippen LogP contribution in [0.1, 0.15) is 80.2 Å². The molecule has 164 valence electrons. The van der Waals surface area contributed by atoms with E-state index in [1.165, 1.54) is 0 Å². The van der Waals surface area contributed by atoms with Crippen molar-refractivity contribution in [2.24, 2.45) is 10.8 Å². The van der Waals surface area contributed by atoms with Crippen molar-refractivity contribution >= 4 is 5.91 Å². The predicted octanol–water partition coefficient (Wildman–Crippen LogP) is 5.31. The summed E-state index contributed by atoms with van der Waals surface area (Å²) in [6.07, 6.45) is 1.69. The highest BCUT2D eigenvalue weighted by Crippen LogP contribution is 2.55. The first-order valence-electron chi connectivity index (χ1n) is 10.8. The van der Waals surface area contributed by atoms with Gasteiger partial charge in [0.1, 0.15) is 17.5 Å². The summed E-state index contributed by atoms with van der Waals surface area (Å²) in [5.74, 6) is 0.974. The number of amides is 1. The molecular formula is C26H33N3O2. The van der Waals surface area contributed by atoms with Crippen LogP contribution in [0.25, 0.3) is 0 Å². The average molecular weight is 420 g/mol. The first-order valence-corrected chi connectivity index (χ1v) is 10.8. The monoisotopic (exact) mass is 419 g/mol. The lowest BCUT2D eigenvalue weighted by atomic mass is 9.49. The maximum atomic E-state index is 12.9. The number of aryl methyl sites for hydroxylation is 2. The molecule has 2 aromatic rings. The van der Waals surface area contributed by atoms with E-state index in [4.69, 9.17) is 4.74 Å². The molecule has 1 heterocycles. The van der Waals surface area contributed by atoms with Crippen molar-refractivity contribution in [3.05, 3.63) is 58.4 Å². The molecule has 0 unspecified atom stereocenters. The van der Waals surface area contributed by atoms with Gasteiger partial charge in [0.05, 0.1) is 11.6 Å². The summed E-state index contributed by atoms with van der Waals surface area (Å²) in [6, 6.07) is 9.78. The molecule has 1 aromatic heterocycles. The molecule has 0 radical (unpaired) electrons. The lowest BCUT2D eigenvalue weighted by Gasteiger charge is -2.63. The molecule has 1 aromatic carbocycles. The summed E-state index contributed by atoms with van der Waals surface area (Å²) in [5, 5.41) is 12.5. The Hall–Kier alpha value is -2.87. The Morgan fingerprint density at radius 1 is 1.13 bits per heavy atom. The van der Waals surface area contributed by atoms with Gasteiger partial charge in [-0.2, -0.15) is 5.26 Å². The number of ether oxygens (including phenoxy) is 1. The highest BCUT2D eigenvalue weighted by Gasteiger charge is 2.64. The predicted molar refractivity (Wildman–Crippen MR) is 122 cm³/mol. The van der Waals surface area contributed by atoms with Gasteiger partial charge in [-0.3, -0.25) is 9.78 Å². The van der Waals surface area contributed by atoms with Gasteiger partial charge in [-0.05, 0) is 54.7 Å². The molecule has 3 rings (SSSR count). The second-order valence-electron chi connectivity index (χ2n) is 10.2. The number of carbonyl (C=O) groups excluding carboxylic acids is 1. The molecule has 1 aliphatic rings. The molecule has 0 atom stereocenters. The summed E-state index contributed by atoms with van der Waals surface area (Å²) in [4.78, 5) is 17.2. The molecule has 0 bridgehead atoms. The molecule has 1 amide bonds. The third-order valence-electron chi connectivity index (χ3n) is 6.67. The van der Waals surface area contributed by atoms with Crippen LogP contribution in [0.15, 0.2) is 30.5 Å². The third-order valence-corrected chi connectivity index (χ3v) is 6.67. The van der Waals surface area contributed by atoms with Crippen molar-refractivity contribution in [1.29, 1.82) is 5.26 Å². The van der Waals surface area contributed by atoms with Gasteiger partial charge in [0.15, 0.2) is 0 Å². The molecule has 0 spiro atoms. The van der Waals surface area contributed by atoms with Crippen LogP contribution >= 0.6 is 0 Å². The van der Waals surface area contributed by atoms with Crippen LogP contribution in [0.2, 0.25) is 0 Å². The molecular weight excluding hydrogens is 386 g/mol. The van der Waals surface area contributed by atoms with Crippen LogP contribution in [0.3, 0.4) is 0 Å². The molecule has 31 heavy (non-hydrogen) atoms. The van der Waals surface area contributed by atoms with Gasteiger partial charge in [-0.1, -0.05) is 47.6 Å². The largest absolute Gasteiger partial charge is 0.489 e. The van der Waals surface area contributed by atoms with E-state index in [0.29, 0.717) is 17.2 Å². The van der Waals surface area contributed by atoms with Gasteiger partial charge in [0.2, 0.25) is 0 Å². The van der Waals surface area contributed by atoms with Crippen LogP contribution < -0.4 is 10.1 Å². The van der Waals surface area contributed by atoms with Crippen LogP contribution in [0.5, 0.6) is 5.75 Å². The molecule has 0 saturated heterocycles. The molecule has 0 aliphatic heterocycles. The first kappa shape index (κ1) is 22.8. The summed E-state index contributed by atoms with van der Waals surface area (Å²) < 4.78 is 6.43. The molecule has 1 aliphatic carbocycles. The Bertz CT molecular complexity index is 991. The Kier molecular flexibility index (Phi) is 5.88. The van der Waals surface area contributed by atoms with Gasteiger partial charge >= 0.3 is 0 Å². The number of hydrogen-bond acceptors (Lipinski definition) is 4. The fourth-order valence-electron chi connectivity index (χ4n) is 5.19. The quantitative estimate of drug-likeness (QED) is 0.713. The zero-order chi connectivity index (χ0) is 23.1. The van der Waals surface area contributed by atoms with Crippen LogP contribution in [0, 0.1) is 36.0 Å². The summed E-state index contributed by atoms with van der Waals surface area (Å²) in [5.41, 5.74) is 3.52. The van der Waals surface area contributed by atoms with Crippen molar-refractivity contribution in [3.63, 3.8) is 0 Å². The topological polar surface area (TPSA) is 75.0 Å². The number of hydrogen-bond donors (Lipinski definition) is 1. The van der Waals surface area contributed by atoms with Gasteiger partial charge in [0, 0.05) is 23.1 Å². The van der Waals surface area contributed by atoms with E-state index in [2.05, 4.69) is 57.9 Å². The van der Waals surface area contributed by atoms with E-state index in [-0.39, 0.29) is 28.9 Å². The second-order valence-corrected chi connectivity index (χ2v) is 10.2. The number of nitrogens with one attached hydrogen (secondary N) is 1. The van der Waals surface area contributed by atoms with Crippen LogP contribution in [-0.4, -0.2) is 23.0 Å². The Morgan fingerprint density at radius 3 is 2.16 bits per heavy atom. The van der Waals surface area contributed by atoms with E-state index < -0.39 is 0 Å². The molecule has 5 heteroatoms. The standard InChI is InChI=1S/C26H33N3O2/c1-15(2)18-9-10-21(28-14-18)22(30)29-23-25(5,6)24(26(23,7)8)31-19-11-16(3)20(13-27)17(4)12-19/h9-12,14-15,23-24H,1-8H3,(H,29,30). The van der Waals surface area contributed by atoms with Crippen LogP contribution in [0.4, 0.5) is 0 Å². The van der Waals surface area contributed by atoms with Crippen molar-refractivity contribution in [2.75, 3.05) is 0 Å². The number of rotatable bonds is 5. The number of pyridine rings is 1. The second kappa shape index (κ2) is 8.00. The maximum Gasteiger partial charge on any atom is 0.270 e.